The highest BCUT2D eigenvalue weighted by Gasteiger charge is 2.29. The van der Waals surface area contributed by atoms with Crippen LogP contribution in [0.5, 0.6) is 0 Å². The molecular weight excluding hydrogens is 290 g/mol. The van der Waals surface area contributed by atoms with Crippen molar-refractivity contribution in [3.63, 3.8) is 0 Å². The lowest BCUT2D eigenvalue weighted by molar-refractivity contribution is -0.121. The lowest BCUT2D eigenvalue weighted by Crippen LogP contribution is -2.47. The van der Waals surface area contributed by atoms with E-state index in [0.29, 0.717) is 23.8 Å². The number of rotatable bonds is 2. The topological polar surface area (TPSA) is 52.7 Å². The predicted octanol–water partition coefficient (Wildman–Crippen LogP) is 2.67. The summed E-state index contributed by atoms with van der Waals surface area (Å²) in [6.45, 7) is 1.17. The third-order valence-electron chi connectivity index (χ3n) is 3.54. The van der Waals surface area contributed by atoms with Crippen molar-refractivity contribution in [1.29, 1.82) is 0 Å². The van der Waals surface area contributed by atoms with Crippen LogP contribution in [0.25, 0.3) is 0 Å². The minimum Gasteiger partial charge on any atom is -0.331 e. The summed E-state index contributed by atoms with van der Waals surface area (Å²) in [6, 6.07) is 7.02. The molecule has 0 saturated carbocycles. The number of benzene rings is 1. The van der Waals surface area contributed by atoms with Gasteiger partial charge in [-0.1, -0.05) is 17.7 Å². The first-order valence-electron chi connectivity index (χ1n) is 7.00. The average Bonchev–Trinajstić information content (AvgIpc) is 2.46. The number of nitrogens with zero attached hydrogens (tertiary/aromatic N) is 2. The number of amides is 3. The molecule has 1 aromatic rings. The number of hydrogen-bond donors (Lipinski definition) is 1. The second-order valence-corrected chi connectivity index (χ2v) is 5.90. The van der Waals surface area contributed by atoms with Crippen molar-refractivity contribution in [2.75, 3.05) is 32.5 Å². The van der Waals surface area contributed by atoms with Gasteiger partial charge in [0.25, 0.3) is 0 Å². The first kappa shape index (κ1) is 15.6. The summed E-state index contributed by atoms with van der Waals surface area (Å²) in [5.41, 5.74) is 0.684. The highest BCUT2D eigenvalue weighted by molar-refractivity contribution is 6.30. The minimum atomic E-state index is -0.179. The minimum absolute atomic E-state index is 0.0461. The number of hydrogen-bond acceptors (Lipinski definition) is 2. The number of carbonyl (C=O) groups excluding carboxylic acids is 2. The van der Waals surface area contributed by atoms with Crippen molar-refractivity contribution < 1.29 is 9.59 Å². The average molecular weight is 310 g/mol. The van der Waals surface area contributed by atoms with Crippen LogP contribution in [0, 0.1) is 5.92 Å². The fourth-order valence-electron chi connectivity index (χ4n) is 2.46. The number of urea groups is 1. The van der Waals surface area contributed by atoms with E-state index in [1.54, 1.807) is 43.3 Å². The van der Waals surface area contributed by atoms with Crippen LogP contribution < -0.4 is 5.32 Å². The monoisotopic (exact) mass is 309 g/mol. The van der Waals surface area contributed by atoms with E-state index in [0.717, 1.165) is 12.8 Å². The van der Waals surface area contributed by atoms with E-state index < -0.39 is 0 Å². The maximum absolute atomic E-state index is 12.3. The van der Waals surface area contributed by atoms with Gasteiger partial charge >= 0.3 is 6.03 Å². The Hall–Kier alpha value is -1.75. The van der Waals surface area contributed by atoms with Gasteiger partial charge in [0.15, 0.2) is 0 Å². The summed E-state index contributed by atoms with van der Waals surface area (Å²) in [5.74, 6) is -0.241. The largest absolute Gasteiger partial charge is 0.331 e. The van der Waals surface area contributed by atoms with E-state index in [2.05, 4.69) is 5.32 Å². The van der Waals surface area contributed by atoms with Gasteiger partial charge in [0.05, 0.1) is 5.92 Å². The van der Waals surface area contributed by atoms with Gasteiger partial charge in [-0.3, -0.25) is 4.79 Å². The highest BCUT2D eigenvalue weighted by Crippen LogP contribution is 2.21. The molecule has 114 valence electrons. The Balaban J connectivity index is 1.97. The molecule has 5 nitrogen and oxygen atoms in total. The Kier molecular flexibility index (Phi) is 5.07. The van der Waals surface area contributed by atoms with Gasteiger partial charge in [0.2, 0.25) is 5.91 Å². The summed E-state index contributed by atoms with van der Waals surface area (Å²) in [4.78, 5) is 27.5. The molecule has 1 aliphatic rings. The smallest absolute Gasteiger partial charge is 0.319 e. The molecule has 1 fully saturated rings. The molecule has 1 saturated heterocycles. The molecule has 1 N–H and O–H groups in total. The number of likely N-dealkylation sites (tertiary alicyclic amines) is 1. The molecule has 1 heterocycles. The molecule has 3 amide bonds. The molecule has 0 aliphatic carbocycles. The summed E-state index contributed by atoms with van der Waals surface area (Å²) >= 11 is 5.90. The van der Waals surface area contributed by atoms with Crippen molar-refractivity contribution in [1.82, 2.24) is 9.80 Å². The van der Waals surface area contributed by atoms with Crippen LogP contribution in [-0.4, -0.2) is 48.9 Å². The molecule has 0 aromatic heterocycles. The fraction of sp³-hybridized carbons (Fsp3) is 0.467. The summed E-state index contributed by atoms with van der Waals surface area (Å²) in [5, 5.41) is 3.45. The van der Waals surface area contributed by atoms with Crippen molar-refractivity contribution in [3.05, 3.63) is 29.3 Å². The van der Waals surface area contributed by atoms with Crippen molar-refractivity contribution in [2.24, 2.45) is 5.92 Å². The first-order chi connectivity index (χ1) is 9.97. The SMILES string of the molecule is CN(C)C(=O)N1CCCC(C(=O)Nc2cccc(Cl)c2)C1. The van der Waals surface area contributed by atoms with Gasteiger partial charge in [-0.15, -0.1) is 0 Å². The van der Waals surface area contributed by atoms with Gasteiger partial charge < -0.3 is 15.1 Å². The van der Waals surface area contributed by atoms with E-state index in [-0.39, 0.29) is 17.9 Å². The van der Waals surface area contributed by atoms with Gasteiger partial charge in [0, 0.05) is 37.9 Å². The van der Waals surface area contributed by atoms with Crippen molar-refractivity contribution in [2.45, 2.75) is 12.8 Å². The Bertz CT molecular complexity index is 533. The van der Waals surface area contributed by atoms with Crippen molar-refractivity contribution in [3.8, 4) is 0 Å². The Labute approximate surface area is 129 Å². The number of nitrogens with one attached hydrogen (secondary N) is 1. The third-order valence-corrected chi connectivity index (χ3v) is 3.77. The summed E-state index contributed by atoms with van der Waals surface area (Å²) in [7, 11) is 3.44. The van der Waals surface area contributed by atoms with Gasteiger partial charge in [-0.05, 0) is 31.0 Å². The highest BCUT2D eigenvalue weighted by atomic mass is 35.5. The van der Waals surface area contributed by atoms with Gasteiger partial charge in [-0.2, -0.15) is 0 Å². The molecule has 21 heavy (non-hydrogen) atoms. The van der Waals surface area contributed by atoms with Crippen LogP contribution in [-0.2, 0) is 4.79 Å². The fourth-order valence-corrected chi connectivity index (χ4v) is 2.65. The number of anilines is 1. The summed E-state index contributed by atoms with van der Waals surface area (Å²) < 4.78 is 0. The number of carbonyl (C=O) groups is 2. The second kappa shape index (κ2) is 6.80. The second-order valence-electron chi connectivity index (χ2n) is 5.46. The lowest BCUT2D eigenvalue weighted by atomic mass is 9.97. The molecule has 0 spiro atoms. The van der Waals surface area contributed by atoms with Crippen LogP contribution in [0.4, 0.5) is 10.5 Å². The zero-order valence-corrected chi connectivity index (χ0v) is 13.1. The molecular formula is C15H20ClN3O2. The predicted molar refractivity (Wildman–Crippen MR) is 83.5 cm³/mol. The zero-order valence-electron chi connectivity index (χ0n) is 12.3. The van der Waals surface area contributed by atoms with E-state index in [9.17, 15) is 9.59 Å². The maximum Gasteiger partial charge on any atom is 0.319 e. The van der Waals surface area contributed by atoms with Crippen LogP contribution in [0.3, 0.4) is 0 Å². The Morgan fingerprint density at radius 2 is 2.14 bits per heavy atom. The molecule has 1 aromatic carbocycles. The normalized spacial score (nSPS) is 18.2. The van der Waals surface area contributed by atoms with E-state index >= 15 is 0 Å². The van der Waals surface area contributed by atoms with E-state index in [1.807, 2.05) is 0 Å². The molecule has 1 unspecified atom stereocenters. The molecule has 0 radical (unpaired) electrons. The number of piperidine rings is 1. The summed E-state index contributed by atoms with van der Waals surface area (Å²) in [6.07, 6.45) is 1.64. The van der Waals surface area contributed by atoms with Gasteiger partial charge in [-0.25, -0.2) is 4.79 Å². The molecule has 6 heteroatoms. The van der Waals surface area contributed by atoms with Gasteiger partial charge in [0.1, 0.15) is 0 Å². The number of halogens is 1. The van der Waals surface area contributed by atoms with Crippen LogP contribution in [0.2, 0.25) is 5.02 Å². The van der Waals surface area contributed by atoms with Crippen LogP contribution >= 0.6 is 11.6 Å². The quantitative estimate of drug-likeness (QED) is 0.913. The molecule has 2 rings (SSSR count). The first-order valence-corrected chi connectivity index (χ1v) is 7.38. The Morgan fingerprint density at radius 1 is 1.38 bits per heavy atom. The zero-order chi connectivity index (χ0) is 15.4. The molecule has 1 aliphatic heterocycles. The molecule has 0 bridgehead atoms. The Morgan fingerprint density at radius 3 is 2.81 bits per heavy atom. The molecule has 1 atom stereocenters. The standard InChI is InChI=1S/C15H20ClN3O2/c1-18(2)15(21)19-8-4-5-11(10-19)14(20)17-13-7-3-6-12(16)9-13/h3,6-7,9,11H,4-5,8,10H2,1-2H3,(H,17,20). The maximum atomic E-state index is 12.3. The van der Waals surface area contributed by atoms with Crippen LogP contribution in [0.15, 0.2) is 24.3 Å². The van der Waals surface area contributed by atoms with E-state index in [4.69, 9.17) is 11.6 Å². The van der Waals surface area contributed by atoms with Crippen LogP contribution in [0.1, 0.15) is 12.8 Å². The third kappa shape index (κ3) is 4.11. The van der Waals surface area contributed by atoms with Crippen molar-refractivity contribution >= 4 is 29.2 Å². The lowest BCUT2D eigenvalue weighted by Gasteiger charge is -2.33. The van der Waals surface area contributed by atoms with E-state index in [1.165, 1.54) is 4.90 Å².